The van der Waals surface area contributed by atoms with E-state index in [9.17, 15) is 8.63 Å². The van der Waals surface area contributed by atoms with Gasteiger partial charge in [0.1, 0.15) is 0 Å². The first-order valence-electron chi connectivity index (χ1n) is 6.41. The standard InChI is InChI=1S/C15H21BF2S/c1-6-9-14(2,3)12-7-8-13(19-12)15(4,5)10-11-16(17)18/h6-11H,1-5H3/b9-6+,11-10+. The van der Waals surface area contributed by atoms with Gasteiger partial charge in [0.25, 0.3) is 0 Å². The number of allylic oxidation sites excluding steroid dienone is 3. The van der Waals surface area contributed by atoms with Crippen LogP contribution in [0.15, 0.2) is 36.3 Å². The predicted octanol–water partition coefficient (Wildman–Crippen LogP) is 5.40. The summed E-state index contributed by atoms with van der Waals surface area (Å²) in [5.74, 6) is 0.969. The molecule has 0 unspecified atom stereocenters. The van der Waals surface area contributed by atoms with Gasteiger partial charge in [0, 0.05) is 20.6 Å². The molecule has 0 saturated heterocycles. The van der Waals surface area contributed by atoms with Crippen LogP contribution in [0.1, 0.15) is 44.4 Å². The molecule has 4 heteroatoms. The van der Waals surface area contributed by atoms with Gasteiger partial charge >= 0.3 is 7.27 Å². The highest BCUT2D eigenvalue weighted by Crippen LogP contribution is 2.37. The first-order chi connectivity index (χ1) is 8.69. The third kappa shape index (κ3) is 4.31. The van der Waals surface area contributed by atoms with E-state index in [2.05, 4.69) is 26.0 Å². The summed E-state index contributed by atoms with van der Waals surface area (Å²) in [6, 6.07) is 4.14. The summed E-state index contributed by atoms with van der Waals surface area (Å²) >= 11 is 1.69. The summed E-state index contributed by atoms with van der Waals surface area (Å²) in [4.78, 5) is 2.36. The third-order valence-electron chi connectivity index (χ3n) is 3.12. The van der Waals surface area contributed by atoms with Crippen LogP contribution in [0.2, 0.25) is 0 Å². The van der Waals surface area contributed by atoms with E-state index in [0.717, 1.165) is 10.9 Å². The van der Waals surface area contributed by atoms with Gasteiger partial charge in [-0.2, -0.15) is 0 Å². The monoisotopic (exact) mass is 282 g/mol. The second-order valence-electron chi connectivity index (χ2n) is 5.80. The Morgan fingerprint density at radius 1 is 1.00 bits per heavy atom. The molecule has 0 radical (unpaired) electrons. The van der Waals surface area contributed by atoms with Gasteiger partial charge in [0.15, 0.2) is 0 Å². The molecule has 0 aromatic carbocycles. The molecule has 19 heavy (non-hydrogen) atoms. The van der Waals surface area contributed by atoms with E-state index in [1.54, 1.807) is 17.4 Å². The van der Waals surface area contributed by atoms with Gasteiger partial charge in [0.05, 0.1) is 0 Å². The lowest BCUT2D eigenvalue weighted by atomic mass is 9.86. The fraction of sp³-hybridized carbons (Fsp3) is 0.467. The van der Waals surface area contributed by atoms with Crippen molar-refractivity contribution in [3.8, 4) is 0 Å². The van der Waals surface area contributed by atoms with Crippen molar-refractivity contribution in [1.82, 2.24) is 0 Å². The van der Waals surface area contributed by atoms with Crippen molar-refractivity contribution in [3.05, 3.63) is 46.1 Å². The average Bonchev–Trinajstić information content (AvgIpc) is 2.77. The lowest BCUT2D eigenvalue weighted by Crippen LogP contribution is -2.13. The van der Waals surface area contributed by atoms with Crippen molar-refractivity contribution >= 4 is 18.6 Å². The molecule has 0 aliphatic rings. The molecule has 0 nitrogen and oxygen atoms in total. The zero-order valence-corrected chi connectivity index (χ0v) is 13.0. The smallest absolute Gasteiger partial charge is 0.282 e. The van der Waals surface area contributed by atoms with Crippen molar-refractivity contribution in [2.75, 3.05) is 0 Å². The van der Waals surface area contributed by atoms with Gasteiger partial charge in [-0.3, -0.25) is 8.63 Å². The fourth-order valence-electron chi connectivity index (χ4n) is 1.92. The Bertz CT molecular complexity index is 470. The SMILES string of the molecule is C/C=C/C(C)(C)c1ccc(C(C)(C)/C=C/B(F)F)s1. The summed E-state index contributed by atoms with van der Waals surface area (Å²) in [6.45, 7) is 10.2. The number of halogens is 2. The normalized spacial score (nSPS) is 13.6. The Morgan fingerprint density at radius 2 is 1.47 bits per heavy atom. The van der Waals surface area contributed by atoms with Gasteiger partial charge in [0.2, 0.25) is 0 Å². The first-order valence-corrected chi connectivity index (χ1v) is 7.23. The van der Waals surface area contributed by atoms with E-state index in [1.165, 1.54) is 4.88 Å². The molecule has 0 atom stereocenters. The average molecular weight is 282 g/mol. The summed E-state index contributed by atoms with van der Waals surface area (Å²) in [6.07, 6.45) is 5.79. The Kier molecular flexibility index (Phi) is 5.14. The van der Waals surface area contributed by atoms with Gasteiger partial charge in [-0.15, -0.1) is 11.3 Å². The summed E-state index contributed by atoms with van der Waals surface area (Å²) < 4.78 is 24.6. The lowest BCUT2D eigenvalue weighted by Gasteiger charge is -2.20. The minimum absolute atomic E-state index is 0.0137. The summed E-state index contributed by atoms with van der Waals surface area (Å²) in [5, 5.41) is 0. The van der Waals surface area contributed by atoms with Gasteiger partial charge in [-0.05, 0) is 25.0 Å². The summed E-state index contributed by atoms with van der Waals surface area (Å²) in [7, 11) is -2.39. The lowest BCUT2D eigenvalue weighted by molar-refractivity contribution is 0.665. The first kappa shape index (κ1) is 16.2. The molecule has 0 bridgehead atoms. The van der Waals surface area contributed by atoms with Crippen LogP contribution in [0, 0.1) is 0 Å². The fourth-order valence-corrected chi connectivity index (χ4v) is 3.10. The van der Waals surface area contributed by atoms with Crippen LogP contribution < -0.4 is 0 Å². The third-order valence-corrected chi connectivity index (χ3v) is 4.88. The van der Waals surface area contributed by atoms with Crippen LogP contribution in [0.3, 0.4) is 0 Å². The van der Waals surface area contributed by atoms with E-state index in [4.69, 9.17) is 0 Å². The largest absolute Gasteiger partial charge is 0.564 e. The number of thiophene rings is 1. The van der Waals surface area contributed by atoms with Crippen LogP contribution in [-0.4, -0.2) is 7.27 Å². The highest BCUT2D eigenvalue weighted by Gasteiger charge is 2.25. The minimum atomic E-state index is -2.39. The maximum absolute atomic E-state index is 12.3. The molecular formula is C15H21BF2S. The van der Waals surface area contributed by atoms with Crippen molar-refractivity contribution in [2.45, 2.75) is 45.4 Å². The van der Waals surface area contributed by atoms with E-state index < -0.39 is 7.27 Å². The van der Waals surface area contributed by atoms with E-state index in [0.29, 0.717) is 0 Å². The molecule has 0 aliphatic carbocycles. The highest BCUT2D eigenvalue weighted by molar-refractivity contribution is 7.12. The topological polar surface area (TPSA) is 0 Å². The van der Waals surface area contributed by atoms with Crippen LogP contribution in [0.4, 0.5) is 8.63 Å². The molecule has 0 saturated carbocycles. The van der Waals surface area contributed by atoms with Gasteiger partial charge < -0.3 is 0 Å². The van der Waals surface area contributed by atoms with Crippen molar-refractivity contribution in [1.29, 1.82) is 0 Å². The maximum atomic E-state index is 12.3. The molecule has 1 rings (SSSR count). The molecule has 0 N–H and O–H groups in total. The zero-order chi connectivity index (χ0) is 14.7. The van der Waals surface area contributed by atoms with E-state index >= 15 is 0 Å². The van der Waals surface area contributed by atoms with Crippen LogP contribution in [-0.2, 0) is 10.8 Å². The quantitative estimate of drug-likeness (QED) is 0.501. The van der Waals surface area contributed by atoms with Crippen molar-refractivity contribution < 1.29 is 8.63 Å². The Labute approximate surface area is 119 Å². The molecule has 1 aromatic rings. The van der Waals surface area contributed by atoms with Crippen LogP contribution in [0.25, 0.3) is 0 Å². The van der Waals surface area contributed by atoms with E-state index in [1.807, 2.05) is 32.9 Å². The van der Waals surface area contributed by atoms with Crippen LogP contribution >= 0.6 is 11.3 Å². The number of rotatable bonds is 5. The minimum Gasteiger partial charge on any atom is -0.282 e. The molecular weight excluding hydrogens is 261 g/mol. The Hall–Kier alpha value is -0.895. The molecule has 1 heterocycles. The van der Waals surface area contributed by atoms with E-state index in [-0.39, 0.29) is 10.8 Å². The zero-order valence-electron chi connectivity index (χ0n) is 12.2. The van der Waals surface area contributed by atoms with Gasteiger partial charge in [-0.1, -0.05) is 45.9 Å². The molecule has 0 amide bonds. The molecule has 0 fully saturated rings. The molecule has 0 spiro atoms. The number of hydrogen-bond donors (Lipinski definition) is 0. The second-order valence-corrected chi connectivity index (χ2v) is 6.88. The Balaban J connectivity index is 3.02. The predicted molar refractivity (Wildman–Crippen MR) is 82.3 cm³/mol. The summed E-state index contributed by atoms with van der Waals surface area (Å²) in [5.41, 5.74) is -0.370. The molecule has 1 aromatic heterocycles. The highest BCUT2D eigenvalue weighted by atomic mass is 32.1. The van der Waals surface area contributed by atoms with Crippen molar-refractivity contribution in [2.24, 2.45) is 0 Å². The van der Waals surface area contributed by atoms with Crippen LogP contribution in [0.5, 0.6) is 0 Å². The van der Waals surface area contributed by atoms with Crippen molar-refractivity contribution in [3.63, 3.8) is 0 Å². The number of hydrogen-bond acceptors (Lipinski definition) is 1. The second kappa shape index (κ2) is 6.04. The maximum Gasteiger partial charge on any atom is 0.564 e. The Morgan fingerprint density at radius 3 is 1.89 bits per heavy atom. The molecule has 104 valence electrons. The molecule has 0 aliphatic heterocycles. The van der Waals surface area contributed by atoms with Gasteiger partial charge in [-0.25, -0.2) is 0 Å².